The van der Waals surface area contributed by atoms with Crippen molar-refractivity contribution >= 4 is 45.2 Å². The molecule has 14 heteroatoms. The van der Waals surface area contributed by atoms with Crippen LogP contribution in [0.1, 0.15) is 12.0 Å². The van der Waals surface area contributed by atoms with Crippen LogP contribution < -0.4 is 5.32 Å². The molecule has 2 fully saturated rings. The van der Waals surface area contributed by atoms with E-state index in [1.54, 1.807) is 71.6 Å². The Balaban J connectivity index is 1.20. The Morgan fingerprint density at radius 3 is 2.33 bits per heavy atom. The lowest BCUT2D eigenvalue weighted by atomic mass is 10.1. The maximum absolute atomic E-state index is 13.7. The van der Waals surface area contributed by atoms with E-state index in [-0.39, 0.29) is 22.8 Å². The summed E-state index contributed by atoms with van der Waals surface area (Å²) in [4.78, 5) is 31.3. The average molecular weight is 647 g/mol. The minimum absolute atomic E-state index is 0.126. The molecule has 0 aliphatic carbocycles. The second-order valence-electron chi connectivity index (χ2n) is 10.8. The number of piperazine rings is 1. The second-order valence-corrected chi connectivity index (χ2v) is 13.2. The summed E-state index contributed by atoms with van der Waals surface area (Å²) in [6.07, 6.45) is 4.92. The number of para-hydroxylation sites is 1. The zero-order valence-electron chi connectivity index (χ0n) is 24.2. The van der Waals surface area contributed by atoms with Crippen LogP contribution in [-0.4, -0.2) is 99.4 Å². The van der Waals surface area contributed by atoms with Crippen LogP contribution in [0.3, 0.4) is 0 Å². The van der Waals surface area contributed by atoms with Gasteiger partial charge in [-0.2, -0.15) is 8.99 Å². The highest BCUT2D eigenvalue weighted by Gasteiger charge is 2.42. The molecule has 4 aromatic rings. The normalized spacial score (nSPS) is 19.6. The number of nitrogens with zero attached hydrogens (tertiary/aromatic N) is 7. The van der Waals surface area contributed by atoms with Crippen molar-refractivity contribution in [2.75, 3.05) is 38.0 Å². The van der Waals surface area contributed by atoms with Gasteiger partial charge in [0.1, 0.15) is 12.4 Å². The van der Waals surface area contributed by atoms with Crippen molar-refractivity contribution in [3.05, 3.63) is 102 Å². The van der Waals surface area contributed by atoms with Crippen molar-refractivity contribution in [2.45, 2.75) is 23.4 Å². The van der Waals surface area contributed by atoms with Crippen molar-refractivity contribution in [1.29, 1.82) is 0 Å². The summed E-state index contributed by atoms with van der Waals surface area (Å²) < 4.78 is 29.3. The van der Waals surface area contributed by atoms with Gasteiger partial charge in [0, 0.05) is 61.1 Å². The van der Waals surface area contributed by atoms with Crippen molar-refractivity contribution in [3.8, 4) is 5.69 Å². The van der Waals surface area contributed by atoms with E-state index < -0.39 is 16.1 Å². The van der Waals surface area contributed by atoms with E-state index in [4.69, 9.17) is 11.6 Å². The minimum atomic E-state index is -3.60. The third-order valence-electron chi connectivity index (χ3n) is 8.07. The van der Waals surface area contributed by atoms with Gasteiger partial charge in [0.2, 0.25) is 21.8 Å². The molecule has 2 saturated heterocycles. The molecule has 2 atom stereocenters. The van der Waals surface area contributed by atoms with E-state index in [1.807, 2.05) is 18.2 Å². The summed E-state index contributed by atoms with van der Waals surface area (Å²) >= 11 is 6.25. The fourth-order valence-electron chi connectivity index (χ4n) is 5.76. The highest BCUT2D eigenvalue weighted by Crippen LogP contribution is 2.27. The number of hydrogen-bond acceptors (Lipinski definition) is 8. The Bertz CT molecular complexity index is 1780. The Hall–Kier alpha value is -4.43. The van der Waals surface area contributed by atoms with Crippen LogP contribution in [0.2, 0.25) is 5.02 Å². The highest BCUT2D eigenvalue weighted by molar-refractivity contribution is 7.89. The van der Waals surface area contributed by atoms with Crippen LogP contribution in [0.5, 0.6) is 0 Å². The molecular formula is C31H31ClN8O4S. The van der Waals surface area contributed by atoms with Crippen LogP contribution in [0.4, 0.5) is 5.69 Å². The SMILES string of the molecule is O=C(Nc1ccccc1)[C@@H]1C[C@H](N2CCN(S(=O)(=O)c3ccccc3)CC2)CN1C(=O)C=Cc1cc(Cl)ccc1-n1cnnn1. The van der Waals surface area contributed by atoms with Crippen LogP contribution in [0.15, 0.2) is 96.2 Å². The molecule has 45 heavy (non-hydrogen) atoms. The zero-order valence-corrected chi connectivity index (χ0v) is 25.8. The lowest BCUT2D eigenvalue weighted by Gasteiger charge is -2.37. The van der Waals surface area contributed by atoms with Gasteiger partial charge in [-0.05, 0) is 65.4 Å². The number of carbonyl (C=O) groups excluding carboxylic acids is 2. The summed E-state index contributed by atoms with van der Waals surface area (Å²) in [7, 11) is -3.60. The predicted molar refractivity (Wildman–Crippen MR) is 169 cm³/mol. The molecule has 2 amide bonds. The van der Waals surface area contributed by atoms with Crippen molar-refractivity contribution in [2.24, 2.45) is 0 Å². The van der Waals surface area contributed by atoms with E-state index in [9.17, 15) is 18.0 Å². The first-order valence-electron chi connectivity index (χ1n) is 14.5. The molecule has 3 aromatic carbocycles. The van der Waals surface area contributed by atoms with Gasteiger partial charge in [-0.3, -0.25) is 14.5 Å². The number of hydrogen-bond donors (Lipinski definition) is 1. The highest BCUT2D eigenvalue weighted by atomic mass is 35.5. The van der Waals surface area contributed by atoms with Gasteiger partial charge in [-0.15, -0.1) is 5.10 Å². The number of sulfonamides is 1. The zero-order chi connectivity index (χ0) is 31.4. The largest absolute Gasteiger partial charge is 0.325 e. The number of likely N-dealkylation sites (tertiary alicyclic amines) is 1. The third-order valence-corrected chi connectivity index (χ3v) is 10.2. The van der Waals surface area contributed by atoms with Crippen LogP contribution in [0.25, 0.3) is 11.8 Å². The van der Waals surface area contributed by atoms with Gasteiger partial charge in [0.15, 0.2) is 0 Å². The maximum atomic E-state index is 13.7. The number of nitrogens with one attached hydrogen (secondary N) is 1. The van der Waals surface area contributed by atoms with Crippen LogP contribution in [0, 0.1) is 0 Å². The third kappa shape index (κ3) is 6.81. The van der Waals surface area contributed by atoms with Crippen LogP contribution >= 0.6 is 11.6 Å². The molecule has 12 nitrogen and oxygen atoms in total. The number of carbonyl (C=O) groups is 2. The molecule has 1 N–H and O–H groups in total. The number of rotatable bonds is 8. The van der Waals surface area contributed by atoms with E-state index in [1.165, 1.54) is 21.4 Å². The fraction of sp³-hybridized carbons (Fsp3) is 0.258. The van der Waals surface area contributed by atoms with E-state index in [0.717, 1.165) is 0 Å². The van der Waals surface area contributed by atoms with E-state index in [0.29, 0.717) is 61.1 Å². The van der Waals surface area contributed by atoms with Gasteiger partial charge < -0.3 is 10.2 Å². The number of tetrazole rings is 1. The molecule has 0 bridgehead atoms. The van der Waals surface area contributed by atoms with Gasteiger partial charge in [-0.25, -0.2) is 8.42 Å². The molecule has 0 spiro atoms. The number of benzene rings is 3. The molecular weight excluding hydrogens is 616 g/mol. The first-order valence-corrected chi connectivity index (χ1v) is 16.3. The fourth-order valence-corrected chi connectivity index (χ4v) is 7.39. The second kappa shape index (κ2) is 13.3. The lowest BCUT2D eigenvalue weighted by Crippen LogP contribution is -2.52. The van der Waals surface area contributed by atoms with Crippen LogP contribution in [-0.2, 0) is 19.6 Å². The number of aromatic nitrogens is 4. The molecule has 0 radical (unpaired) electrons. The first-order chi connectivity index (χ1) is 21.8. The molecule has 1 aromatic heterocycles. The summed E-state index contributed by atoms with van der Waals surface area (Å²) in [5.41, 5.74) is 1.90. The van der Waals surface area contributed by atoms with E-state index >= 15 is 0 Å². The Kier molecular flexibility index (Phi) is 9.03. The van der Waals surface area contributed by atoms with Crippen molar-refractivity contribution in [1.82, 2.24) is 34.3 Å². The lowest BCUT2D eigenvalue weighted by molar-refractivity contribution is -0.132. The maximum Gasteiger partial charge on any atom is 0.247 e. The molecule has 0 unspecified atom stereocenters. The molecule has 2 aliphatic heterocycles. The molecule has 232 valence electrons. The number of anilines is 1. The van der Waals surface area contributed by atoms with Crippen molar-refractivity contribution < 1.29 is 18.0 Å². The Labute approximate surface area is 265 Å². The molecule has 2 aliphatic rings. The summed E-state index contributed by atoms with van der Waals surface area (Å²) in [6, 6.07) is 21.8. The van der Waals surface area contributed by atoms with Gasteiger partial charge in [0.25, 0.3) is 0 Å². The summed E-state index contributed by atoms with van der Waals surface area (Å²) in [5, 5.41) is 14.7. The topological polar surface area (TPSA) is 134 Å². The number of halogens is 1. The first kappa shape index (κ1) is 30.6. The van der Waals surface area contributed by atoms with Crippen molar-refractivity contribution in [3.63, 3.8) is 0 Å². The van der Waals surface area contributed by atoms with Gasteiger partial charge >= 0.3 is 0 Å². The molecule has 6 rings (SSSR count). The summed E-state index contributed by atoms with van der Waals surface area (Å²) in [6.45, 7) is 1.92. The summed E-state index contributed by atoms with van der Waals surface area (Å²) in [5.74, 6) is -0.619. The van der Waals surface area contributed by atoms with Gasteiger partial charge in [-0.1, -0.05) is 48.0 Å². The standard InChI is InChI=1S/C31H31ClN8O4S/c32-24-12-13-28(40-22-33-35-36-40)23(19-24)11-14-30(41)39-21-26(20-29(39)31(42)34-25-7-3-1-4-8-25)37-15-17-38(18-16-37)45(43,44)27-9-5-2-6-10-27/h1-14,19,22,26,29H,15-18,20-21H2,(H,34,42)/t26-,29-/m0/s1. The minimum Gasteiger partial charge on any atom is -0.325 e. The molecule has 3 heterocycles. The van der Waals surface area contributed by atoms with Gasteiger partial charge in [0.05, 0.1) is 10.6 Å². The monoisotopic (exact) mass is 646 g/mol. The Morgan fingerprint density at radius 2 is 1.64 bits per heavy atom. The van der Waals surface area contributed by atoms with E-state index in [2.05, 4.69) is 25.7 Å². The quantitative estimate of drug-likeness (QED) is 0.289. The molecule has 0 saturated carbocycles. The predicted octanol–water partition coefficient (Wildman–Crippen LogP) is 2.94. The Morgan fingerprint density at radius 1 is 0.933 bits per heavy atom. The average Bonchev–Trinajstić information content (AvgIpc) is 3.76. The number of amides is 2. The smallest absolute Gasteiger partial charge is 0.247 e.